The summed E-state index contributed by atoms with van der Waals surface area (Å²) in [6, 6.07) is 8.28. The second kappa shape index (κ2) is 7.02. The third kappa shape index (κ3) is 3.53. The second-order valence-corrected chi connectivity index (χ2v) is 5.79. The van der Waals surface area contributed by atoms with E-state index < -0.39 is 23.4 Å². The summed E-state index contributed by atoms with van der Waals surface area (Å²) in [6.45, 7) is 0. The highest BCUT2D eigenvalue weighted by molar-refractivity contribution is 7.98. The first-order valence-corrected chi connectivity index (χ1v) is 8.36. The van der Waals surface area contributed by atoms with E-state index in [-0.39, 0.29) is 11.4 Å². The van der Waals surface area contributed by atoms with Crippen LogP contribution in [0.3, 0.4) is 0 Å². The van der Waals surface area contributed by atoms with Crippen LogP contribution in [0.5, 0.6) is 0 Å². The fourth-order valence-electron chi connectivity index (χ4n) is 2.26. The zero-order valence-corrected chi connectivity index (χ0v) is 13.8. The molecule has 0 unspecified atom stereocenters. The van der Waals surface area contributed by atoms with Crippen LogP contribution in [0.2, 0.25) is 0 Å². The summed E-state index contributed by atoms with van der Waals surface area (Å²) in [5, 5.41) is 2.82. The van der Waals surface area contributed by atoms with E-state index in [1.165, 1.54) is 46.8 Å². The molecule has 25 heavy (non-hydrogen) atoms. The molecule has 3 rings (SSSR count). The van der Waals surface area contributed by atoms with Crippen molar-refractivity contribution in [3.63, 3.8) is 0 Å². The molecule has 4 nitrogen and oxygen atoms in total. The van der Waals surface area contributed by atoms with E-state index in [9.17, 15) is 18.0 Å². The first kappa shape index (κ1) is 17.1. The minimum Gasteiger partial charge on any atom is -0.318 e. The largest absolute Gasteiger partial charge is 0.318 e. The zero-order valence-electron chi connectivity index (χ0n) is 13.0. The van der Waals surface area contributed by atoms with Crippen molar-refractivity contribution in [3.05, 3.63) is 71.8 Å². The lowest BCUT2D eigenvalue weighted by atomic mass is 10.2. The molecule has 0 aliphatic heterocycles. The van der Waals surface area contributed by atoms with Crippen LogP contribution in [-0.2, 0) is 0 Å². The molecule has 0 radical (unpaired) electrons. The zero-order chi connectivity index (χ0) is 18.0. The predicted octanol–water partition coefficient (Wildman–Crippen LogP) is 4.26. The van der Waals surface area contributed by atoms with Gasteiger partial charge in [0.25, 0.3) is 5.91 Å². The molecule has 2 aromatic carbocycles. The molecule has 0 fully saturated rings. The minimum absolute atomic E-state index is 0.111. The Morgan fingerprint density at radius 1 is 1.08 bits per heavy atom. The summed E-state index contributed by atoms with van der Waals surface area (Å²) in [4.78, 5) is 16.7. The van der Waals surface area contributed by atoms with E-state index in [4.69, 9.17) is 0 Å². The number of amides is 1. The Morgan fingerprint density at radius 2 is 1.76 bits per heavy atom. The number of nitrogens with zero attached hydrogens (tertiary/aromatic N) is 2. The Balaban J connectivity index is 1.99. The number of benzene rings is 2. The van der Waals surface area contributed by atoms with Gasteiger partial charge in [0.1, 0.15) is 23.1 Å². The quantitative estimate of drug-likeness (QED) is 0.705. The van der Waals surface area contributed by atoms with E-state index in [1.54, 1.807) is 6.26 Å². The highest BCUT2D eigenvalue weighted by Gasteiger charge is 2.19. The fourth-order valence-corrected chi connectivity index (χ4v) is 2.80. The first-order valence-electron chi connectivity index (χ1n) is 7.13. The van der Waals surface area contributed by atoms with Gasteiger partial charge in [-0.1, -0.05) is 11.8 Å². The van der Waals surface area contributed by atoms with Crippen molar-refractivity contribution in [2.24, 2.45) is 0 Å². The number of hydrogen-bond acceptors (Lipinski definition) is 3. The molecule has 0 bridgehead atoms. The van der Waals surface area contributed by atoms with Crippen molar-refractivity contribution in [2.45, 2.75) is 5.16 Å². The third-order valence-electron chi connectivity index (χ3n) is 3.41. The fraction of sp³-hybridized carbons (Fsp3) is 0.0588. The van der Waals surface area contributed by atoms with Crippen LogP contribution in [0.1, 0.15) is 10.5 Å². The first-order chi connectivity index (χ1) is 12.0. The van der Waals surface area contributed by atoms with Crippen molar-refractivity contribution >= 4 is 23.4 Å². The van der Waals surface area contributed by atoms with E-state index in [0.29, 0.717) is 10.8 Å². The number of aromatic nitrogens is 2. The highest BCUT2D eigenvalue weighted by atomic mass is 32.2. The Morgan fingerprint density at radius 3 is 2.44 bits per heavy atom. The lowest BCUT2D eigenvalue weighted by molar-refractivity contribution is 0.101. The van der Waals surface area contributed by atoms with Gasteiger partial charge in [0.2, 0.25) is 0 Å². The lowest BCUT2D eigenvalue weighted by Gasteiger charge is -2.11. The summed E-state index contributed by atoms with van der Waals surface area (Å²) in [7, 11) is 0. The predicted molar refractivity (Wildman–Crippen MR) is 89.6 cm³/mol. The Hall–Kier alpha value is -2.74. The number of carbonyl (C=O) groups is 1. The molecule has 1 N–H and O–H groups in total. The number of halogens is 3. The summed E-state index contributed by atoms with van der Waals surface area (Å²) >= 11 is 1.29. The topological polar surface area (TPSA) is 46.9 Å². The van der Waals surface area contributed by atoms with Crippen LogP contribution in [-0.4, -0.2) is 21.7 Å². The van der Waals surface area contributed by atoms with Crippen molar-refractivity contribution < 1.29 is 18.0 Å². The van der Waals surface area contributed by atoms with Crippen LogP contribution in [0.25, 0.3) is 5.69 Å². The van der Waals surface area contributed by atoms with Gasteiger partial charge >= 0.3 is 0 Å². The number of nitrogens with one attached hydrogen (secondary N) is 1. The van der Waals surface area contributed by atoms with Crippen molar-refractivity contribution in [1.29, 1.82) is 0 Å². The number of anilines is 1. The van der Waals surface area contributed by atoms with Crippen LogP contribution >= 0.6 is 11.8 Å². The monoisotopic (exact) mass is 363 g/mol. The number of hydrogen-bond donors (Lipinski definition) is 1. The summed E-state index contributed by atoms with van der Waals surface area (Å²) in [5.41, 5.74) is 0.357. The van der Waals surface area contributed by atoms with Crippen molar-refractivity contribution in [3.8, 4) is 5.69 Å². The molecular formula is C17H12F3N3OS. The average molecular weight is 363 g/mol. The summed E-state index contributed by atoms with van der Waals surface area (Å²) in [5.74, 6) is -2.51. The third-order valence-corrected chi connectivity index (χ3v) is 4.06. The van der Waals surface area contributed by atoms with Crippen LogP contribution in [0.15, 0.2) is 53.8 Å². The molecule has 1 aromatic heterocycles. The maximum absolute atomic E-state index is 13.7. The smallest absolute Gasteiger partial charge is 0.274 e. The standard InChI is InChI=1S/C17H12F3N3OS/c1-25-17-21-9-15(23(17)12-5-2-10(18)3-6-12)16(24)22-14-8-11(19)4-7-13(14)20/h2-9H,1H3,(H,22,24). The van der Waals surface area contributed by atoms with Crippen molar-refractivity contribution in [1.82, 2.24) is 9.55 Å². The van der Waals surface area contributed by atoms with E-state index in [0.717, 1.165) is 18.2 Å². The SMILES string of the molecule is CSc1ncc(C(=O)Nc2cc(F)ccc2F)n1-c1ccc(F)cc1. The molecule has 0 aliphatic rings. The maximum Gasteiger partial charge on any atom is 0.274 e. The number of thioether (sulfide) groups is 1. The normalized spacial score (nSPS) is 10.7. The Labute approximate surface area is 145 Å². The van der Waals surface area contributed by atoms with E-state index >= 15 is 0 Å². The van der Waals surface area contributed by atoms with Gasteiger partial charge in [-0.05, 0) is 42.7 Å². The summed E-state index contributed by atoms with van der Waals surface area (Å²) < 4.78 is 41.7. The van der Waals surface area contributed by atoms with Gasteiger partial charge < -0.3 is 5.32 Å². The molecule has 0 saturated carbocycles. The second-order valence-electron chi connectivity index (χ2n) is 5.02. The van der Waals surface area contributed by atoms with Crippen molar-refractivity contribution in [2.75, 3.05) is 11.6 Å². The molecule has 0 saturated heterocycles. The van der Waals surface area contributed by atoms with E-state index in [1.807, 2.05) is 0 Å². The molecule has 1 heterocycles. The average Bonchev–Trinajstić information content (AvgIpc) is 3.03. The molecule has 0 aliphatic carbocycles. The number of rotatable bonds is 4. The van der Waals surface area contributed by atoms with Crippen LogP contribution in [0.4, 0.5) is 18.9 Å². The number of imidazole rings is 1. The molecule has 3 aromatic rings. The van der Waals surface area contributed by atoms with Gasteiger partial charge in [0, 0.05) is 11.8 Å². The molecule has 128 valence electrons. The van der Waals surface area contributed by atoms with E-state index in [2.05, 4.69) is 10.3 Å². The van der Waals surface area contributed by atoms with Gasteiger partial charge in [-0.25, -0.2) is 18.2 Å². The number of carbonyl (C=O) groups excluding carboxylic acids is 1. The van der Waals surface area contributed by atoms with Gasteiger partial charge in [-0.15, -0.1) is 0 Å². The van der Waals surface area contributed by atoms with Gasteiger partial charge in [0.15, 0.2) is 5.16 Å². The molecule has 0 atom stereocenters. The van der Waals surface area contributed by atoms with Gasteiger partial charge in [0.05, 0.1) is 11.9 Å². The Bertz CT molecular complexity index is 925. The molecule has 0 spiro atoms. The molecule has 1 amide bonds. The Kier molecular flexibility index (Phi) is 4.80. The minimum atomic E-state index is -0.757. The van der Waals surface area contributed by atoms with Gasteiger partial charge in [-0.2, -0.15) is 0 Å². The highest BCUT2D eigenvalue weighted by Crippen LogP contribution is 2.23. The van der Waals surface area contributed by atoms with Crippen LogP contribution in [0, 0.1) is 17.5 Å². The molecular weight excluding hydrogens is 351 g/mol. The molecule has 8 heteroatoms. The lowest BCUT2D eigenvalue weighted by Crippen LogP contribution is -2.17. The van der Waals surface area contributed by atoms with Gasteiger partial charge in [-0.3, -0.25) is 9.36 Å². The summed E-state index contributed by atoms with van der Waals surface area (Å²) in [6.07, 6.45) is 3.10. The maximum atomic E-state index is 13.7. The van der Waals surface area contributed by atoms with Crippen LogP contribution < -0.4 is 5.32 Å².